The van der Waals surface area contributed by atoms with Crippen LogP contribution < -0.4 is 0 Å². The van der Waals surface area contributed by atoms with Crippen LogP contribution in [0.25, 0.3) is 0 Å². The van der Waals surface area contributed by atoms with Crippen LogP contribution in [0.1, 0.15) is 33.1 Å². The predicted octanol–water partition coefficient (Wildman–Crippen LogP) is 1.65. The molecule has 3 atom stereocenters. The lowest BCUT2D eigenvalue weighted by molar-refractivity contribution is -0.142. The zero-order valence-corrected chi connectivity index (χ0v) is 13.1. The topological polar surface area (TPSA) is 70.1 Å². The van der Waals surface area contributed by atoms with Gasteiger partial charge in [0.05, 0.1) is 12.5 Å². The molecule has 0 radical (unpaired) electrons. The van der Waals surface area contributed by atoms with Gasteiger partial charge in [0.15, 0.2) is 0 Å². The lowest BCUT2D eigenvalue weighted by atomic mass is 9.89. The zero-order valence-electron chi connectivity index (χ0n) is 13.1. The van der Waals surface area contributed by atoms with E-state index < -0.39 is 11.9 Å². The summed E-state index contributed by atoms with van der Waals surface area (Å²) in [5, 5.41) is 9.29. The van der Waals surface area contributed by atoms with Crippen molar-refractivity contribution in [2.75, 3.05) is 26.8 Å². The molecule has 2 heterocycles. The number of hydrogen-bond donors (Lipinski definition) is 1. The summed E-state index contributed by atoms with van der Waals surface area (Å²) in [7, 11) is 1.62. The number of ether oxygens (including phenoxy) is 1. The Balaban J connectivity index is 2.08. The number of carboxylic acid groups (broad SMARTS) is 1. The van der Waals surface area contributed by atoms with E-state index in [0.717, 1.165) is 12.8 Å². The molecule has 2 bridgehead atoms. The van der Waals surface area contributed by atoms with Crippen molar-refractivity contribution >= 4 is 12.0 Å². The number of amides is 2. The number of carboxylic acids is 1. The quantitative estimate of drug-likeness (QED) is 0.809. The molecule has 2 amide bonds. The van der Waals surface area contributed by atoms with Crippen LogP contribution >= 0.6 is 0 Å². The fraction of sp³-hybridized carbons (Fsp3) is 0.867. The van der Waals surface area contributed by atoms with Gasteiger partial charge >= 0.3 is 12.0 Å². The first kappa shape index (κ1) is 16.1. The van der Waals surface area contributed by atoms with Gasteiger partial charge in [0, 0.05) is 32.3 Å². The van der Waals surface area contributed by atoms with Crippen LogP contribution in [0.3, 0.4) is 0 Å². The maximum atomic E-state index is 12.8. The van der Waals surface area contributed by atoms with Crippen LogP contribution in [0.2, 0.25) is 0 Å². The van der Waals surface area contributed by atoms with Gasteiger partial charge in [0.25, 0.3) is 0 Å². The molecule has 2 aliphatic heterocycles. The molecule has 1 N–H and O–H groups in total. The van der Waals surface area contributed by atoms with Crippen LogP contribution in [0.15, 0.2) is 0 Å². The molecule has 2 rings (SSSR count). The van der Waals surface area contributed by atoms with Crippen LogP contribution in [0.5, 0.6) is 0 Å². The number of carbonyl (C=O) groups excluding carboxylic acids is 1. The minimum Gasteiger partial charge on any atom is -0.481 e. The first-order valence-electron chi connectivity index (χ1n) is 7.74. The summed E-state index contributed by atoms with van der Waals surface area (Å²) in [5.41, 5.74) is 0. The number of fused-ring (bicyclic) bond motifs is 2. The van der Waals surface area contributed by atoms with Crippen molar-refractivity contribution in [2.24, 2.45) is 11.8 Å². The van der Waals surface area contributed by atoms with Crippen LogP contribution in [0.4, 0.5) is 4.79 Å². The van der Waals surface area contributed by atoms with E-state index in [1.807, 2.05) is 9.80 Å². The largest absolute Gasteiger partial charge is 0.481 e. The molecule has 0 aromatic rings. The third-order valence-electron chi connectivity index (χ3n) is 4.50. The number of carbonyl (C=O) groups is 2. The Morgan fingerprint density at radius 2 is 2.10 bits per heavy atom. The number of rotatable bonds is 6. The summed E-state index contributed by atoms with van der Waals surface area (Å²) in [4.78, 5) is 27.8. The van der Waals surface area contributed by atoms with Gasteiger partial charge < -0.3 is 19.6 Å². The van der Waals surface area contributed by atoms with E-state index in [1.165, 1.54) is 0 Å². The lowest BCUT2D eigenvalue weighted by Gasteiger charge is -2.32. The van der Waals surface area contributed by atoms with E-state index in [-0.39, 0.29) is 18.1 Å². The van der Waals surface area contributed by atoms with E-state index in [2.05, 4.69) is 13.8 Å². The van der Waals surface area contributed by atoms with Crippen LogP contribution in [-0.4, -0.2) is 65.8 Å². The second kappa shape index (κ2) is 6.64. The molecule has 2 aliphatic rings. The summed E-state index contributed by atoms with van der Waals surface area (Å²) in [5.74, 6) is -0.787. The maximum absolute atomic E-state index is 12.8. The highest BCUT2D eigenvalue weighted by Crippen LogP contribution is 2.42. The second-order valence-corrected chi connectivity index (χ2v) is 6.50. The fourth-order valence-corrected chi connectivity index (χ4v) is 3.62. The van der Waals surface area contributed by atoms with Crippen molar-refractivity contribution in [1.29, 1.82) is 0 Å². The zero-order chi connectivity index (χ0) is 15.6. The predicted molar refractivity (Wildman–Crippen MR) is 78.1 cm³/mol. The third kappa shape index (κ3) is 3.31. The number of hydrogen-bond acceptors (Lipinski definition) is 3. The van der Waals surface area contributed by atoms with Crippen molar-refractivity contribution in [1.82, 2.24) is 9.80 Å². The molecule has 21 heavy (non-hydrogen) atoms. The van der Waals surface area contributed by atoms with Gasteiger partial charge in [-0.15, -0.1) is 0 Å². The van der Waals surface area contributed by atoms with Crippen molar-refractivity contribution in [3.63, 3.8) is 0 Å². The second-order valence-electron chi connectivity index (χ2n) is 6.50. The SMILES string of the molecule is COCCN(CC(C)C)C(=O)N1C2CCC1C(C(=O)O)C2. The summed E-state index contributed by atoms with van der Waals surface area (Å²) in [6.07, 6.45) is 2.35. The molecule has 0 aliphatic carbocycles. The number of methoxy groups -OCH3 is 1. The van der Waals surface area contributed by atoms with Gasteiger partial charge in [-0.3, -0.25) is 4.79 Å². The third-order valence-corrected chi connectivity index (χ3v) is 4.50. The smallest absolute Gasteiger partial charge is 0.320 e. The fourth-order valence-electron chi connectivity index (χ4n) is 3.62. The van der Waals surface area contributed by atoms with Crippen molar-refractivity contribution in [3.05, 3.63) is 0 Å². The molecule has 0 aromatic carbocycles. The molecule has 0 aromatic heterocycles. The highest BCUT2D eigenvalue weighted by molar-refractivity contribution is 5.79. The average Bonchev–Trinajstić information content (AvgIpc) is 2.99. The standard InChI is InChI=1S/C15H26N2O4/c1-10(2)9-16(6-7-21-3)15(20)17-11-4-5-13(17)12(8-11)14(18)19/h10-13H,4-9H2,1-3H3,(H,18,19). The van der Waals surface area contributed by atoms with Gasteiger partial charge in [0.2, 0.25) is 0 Å². The molecule has 2 fully saturated rings. The van der Waals surface area contributed by atoms with E-state index in [1.54, 1.807) is 7.11 Å². The average molecular weight is 298 g/mol. The summed E-state index contributed by atoms with van der Waals surface area (Å²) in [6.45, 7) is 5.89. The first-order valence-corrected chi connectivity index (χ1v) is 7.74. The molecule has 3 unspecified atom stereocenters. The van der Waals surface area contributed by atoms with E-state index in [0.29, 0.717) is 32.0 Å². The Hall–Kier alpha value is -1.30. The number of nitrogens with zero attached hydrogens (tertiary/aromatic N) is 2. The summed E-state index contributed by atoms with van der Waals surface area (Å²) < 4.78 is 5.09. The molecule has 6 nitrogen and oxygen atoms in total. The highest BCUT2D eigenvalue weighted by atomic mass is 16.5. The van der Waals surface area contributed by atoms with E-state index in [4.69, 9.17) is 4.74 Å². The summed E-state index contributed by atoms with van der Waals surface area (Å²) >= 11 is 0. The number of aliphatic carboxylic acids is 1. The summed E-state index contributed by atoms with van der Waals surface area (Å²) in [6, 6.07) is -0.0463. The Morgan fingerprint density at radius 1 is 1.38 bits per heavy atom. The van der Waals surface area contributed by atoms with Gasteiger partial charge in [-0.1, -0.05) is 13.8 Å². The number of urea groups is 1. The Kier molecular flexibility index (Phi) is 5.08. The van der Waals surface area contributed by atoms with Crippen molar-refractivity contribution in [3.8, 4) is 0 Å². The molecular formula is C15H26N2O4. The molecule has 2 saturated heterocycles. The Bertz CT molecular complexity index is 399. The Morgan fingerprint density at radius 3 is 2.62 bits per heavy atom. The maximum Gasteiger partial charge on any atom is 0.320 e. The molecule has 6 heteroatoms. The lowest BCUT2D eigenvalue weighted by Crippen LogP contribution is -2.48. The first-order chi connectivity index (χ1) is 9.95. The van der Waals surface area contributed by atoms with Gasteiger partial charge in [0.1, 0.15) is 0 Å². The van der Waals surface area contributed by atoms with Crippen molar-refractivity contribution < 1.29 is 19.4 Å². The molecule has 120 valence electrons. The molecular weight excluding hydrogens is 272 g/mol. The minimum absolute atomic E-state index is 0.0167. The normalized spacial score (nSPS) is 27.4. The van der Waals surface area contributed by atoms with Gasteiger partial charge in [-0.05, 0) is 25.2 Å². The Labute approximate surface area is 126 Å². The minimum atomic E-state index is -0.771. The van der Waals surface area contributed by atoms with Crippen LogP contribution in [-0.2, 0) is 9.53 Å². The van der Waals surface area contributed by atoms with Gasteiger partial charge in [-0.25, -0.2) is 4.79 Å². The molecule has 0 spiro atoms. The van der Waals surface area contributed by atoms with E-state index in [9.17, 15) is 14.7 Å². The highest BCUT2D eigenvalue weighted by Gasteiger charge is 2.52. The van der Waals surface area contributed by atoms with Crippen LogP contribution in [0, 0.1) is 11.8 Å². The molecule has 0 saturated carbocycles. The monoisotopic (exact) mass is 298 g/mol. The van der Waals surface area contributed by atoms with Gasteiger partial charge in [-0.2, -0.15) is 0 Å². The van der Waals surface area contributed by atoms with Crippen molar-refractivity contribution in [2.45, 2.75) is 45.2 Å². The van der Waals surface area contributed by atoms with E-state index >= 15 is 0 Å².